The van der Waals surface area contributed by atoms with Crippen molar-refractivity contribution in [2.45, 2.75) is 0 Å². The van der Waals surface area contributed by atoms with Gasteiger partial charge in [0.25, 0.3) is 0 Å². The fourth-order valence-corrected chi connectivity index (χ4v) is 7.39. The normalized spacial score (nSPS) is 11.3. The second kappa shape index (κ2) is 11.8. The molecule has 0 aliphatic rings. The summed E-state index contributed by atoms with van der Waals surface area (Å²) in [7, 11) is 0. The average molecular weight is 609 g/mol. The first-order valence-electron chi connectivity index (χ1n) is 16.6. The van der Waals surface area contributed by atoms with Gasteiger partial charge in [0.2, 0.25) is 0 Å². The first kappa shape index (κ1) is 28.0. The molecule has 48 heavy (non-hydrogen) atoms. The van der Waals surface area contributed by atoms with E-state index in [0.29, 0.717) is 0 Å². The molecule has 0 unspecified atom stereocenters. The Labute approximate surface area is 281 Å². The van der Waals surface area contributed by atoms with Crippen LogP contribution in [0.2, 0.25) is 0 Å². The second-order valence-electron chi connectivity index (χ2n) is 12.5. The van der Waals surface area contributed by atoms with E-state index < -0.39 is 0 Å². The molecule has 0 aromatic heterocycles. The van der Waals surface area contributed by atoms with Crippen molar-refractivity contribution in [3.05, 3.63) is 194 Å². The van der Waals surface area contributed by atoms with Gasteiger partial charge in [0.1, 0.15) is 0 Å². The van der Waals surface area contributed by atoms with Crippen LogP contribution in [0.15, 0.2) is 194 Å². The minimum absolute atomic E-state index is 1.22. The minimum Gasteiger partial charge on any atom is -0.0622 e. The molecule has 9 aromatic rings. The van der Waals surface area contributed by atoms with E-state index in [0.717, 1.165) is 0 Å². The van der Waals surface area contributed by atoms with Crippen molar-refractivity contribution in [3.8, 4) is 55.6 Å². The third kappa shape index (κ3) is 4.87. The predicted molar refractivity (Wildman–Crippen MR) is 206 cm³/mol. The van der Waals surface area contributed by atoms with Crippen molar-refractivity contribution in [1.29, 1.82) is 0 Å². The van der Waals surface area contributed by atoms with Crippen molar-refractivity contribution in [2.75, 3.05) is 0 Å². The number of benzene rings is 9. The maximum Gasteiger partial charge on any atom is -0.00201 e. The quantitative estimate of drug-likeness (QED) is 0.171. The summed E-state index contributed by atoms with van der Waals surface area (Å²) in [4.78, 5) is 0. The summed E-state index contributed by atoms with van der Waals surface area (Å²) in [5.74, 6) is 0. The zero-order valence-corrected chi connectivity index (χ0v) is 26.5. The van der Waals surface area contributed by atoms with E-state index in [2.05, 4.69) is 194 Å². The molecule has 0 bridgehead atoms. The van der Waals surface area contributed by atoms with Crippen LogP contribution in [0.3, 0.4) is 0 Å². The zero-order valence-electron chi connectivity index (χ0n) is 26.5. The Morgan fingerprint density at radius 2 is 0.646 bits per heavy atom. The van der Waals surface area contributed by atoms with Crippen LogP contribution in [0, 0.1) is 0 Å². The van der Waals surface area contributed by atoms with Crippen LogP contribution in [-0.2, 0) is 0 Å². The van der Waals surface area contributed by atoms with Crippen LogP contribution < -0.4 is 0 Å². The van der Waals surface area contributed by atoms with Gasteiger partial charge < -0.3 is 0 Å². The van der Waals surface area contributed by atoms with Gasteiger partial charge in [-0.3, -0.25) is 0 Å². The molecular formula is C48H32. The molecule has 0 heteroatoms. The van der Waals surface area contributed by atoms with Gasteiger partial charge in [-0.05, 0) is 106 Å². The largest absolute Gasteiger partial charge is 0.0622 e. The Kier molecular flexibility index (Phi) is 6.91. The van der Waals surface area contributed by atoms with Crippen LogP contribution in [0.5, 0.6) is 0 Å². The summed E-state index contributed by atoms with van der Waals surface area (Å²) in [6.07, 6.45) is 0. The van der Waals surface area contributed by atoms with E-state index in [1.807, 2.05) is 0 Å². The lowest BCUT2D eigenvalue weighted by molar-refractivity contribution is 1.60. The first-order valence-corrected chi connectivity index (χ1v) is 16.6. The molecule has 0 spiro atoms. The molecule has 0 heterocycles. The van der Waals surface area contributed by atoms with Gasteiger partial charge in [0.05, 0.1) is 0 Å². The molecule has 0 amide bonds. The first-order chi connectivity index (χ1) is 23.8. The van der Waals surface area contributed by atoms with E-state index in [4.69, 9.17) is 0 Å². The Hall–Kier alpha value is -6.24. The highest BCUT2D eigenvalue weighted by atomic mass is 14.2. The molecule has 0 nitrogen and oxygen atoms in total. The maximum absolute atomic E-state index is 2.38. The Morgan fingerprint density at radius 1 is 0.208 bits per heavy atom. The summed E-state index contributed by atoms with van der Waals surface area (Å²) >= 11 is 0. The van der Waals surface area contributed by atoms with Gasteiger partial charge in [-0.15, -0.1) is 0 Å². The van der Waals surface area contributed by atoms with Gasteiger partial charge in [-0.1, -0.05) is 176 Å². The van der Waals surface area contributed by atoms with Crippen LogP contribution in [0.25, 0.3) is 88.0 Å². The SMILES string of the molecule is c1ccc(-c2cccc(-c3ccc4ccc(-c5c6ccccc6c(-c6ccccc6-c6ccccc6)c6ccccc56)cc4c3)c2)cc1. The highest BCUT2D eigenvalue weighted by Crippen LogP contribution is 2.46. The molecule has 9 aromatic carbocycles. The molecule has 0 aliphatic heterocycles. The lowest BCUT2D eigenvalue weighted by atomic mass is 9.83. The average Bonchev–Trinajstić information content (AvgIpc) is 3.17. The fourth-order valence-electron chi connectivity index (χ4n) is 7.39. The molecule has 224 valence electrons. The molecule has 0 saturated carbocycles. The van der Waals surface area contributed by atoms with Crippen LogP contribution in [-0.4, -0.2) is 0 Å². The molecule has 0 saturated heterocycles. The van der Waals surface area contributed by atoms with Crippen LogP contribution in [0.4, 0.5) is 0 Å². The van der Waals surface area contributed by atoms with E-state index in [9.17, 15) is 0 Å². The molecule has 0 radical (unpaired) electrons. The predicted octanol–water partition coefficient (Wildman–Crippen LogP) is 13.5. The summed E-state index contributed by atoms with van der Waals surface area (Å²) in [6, 6.07) is 70.7. The Balaban J connectivity index is 1.24. The number of hydrogen-bond donors (Lipinski definition) is 0. The lowest BCUT2D eigenvalue weighted by Crippen LogP contribution is -1.92. The smallest absolute Gasteiger partial charge is 0.00201 e. The Bertz CT molecular complexity index is 2540. The monoisotopic (exact) mass is 608 g/mol. The third-order valence-corrected chi connectivity index (χ3v) is 9.64. The second-order valence-corrected chi connectivity index (χ2v) is 12.5. The van der Waals surface area contributed by atoms with Gasteiger partial charge in [0, 0.05) is 0 Å². The molecule has 0 aliphatic carbocycles. The fraction of sp³-hybridized carbons (Fsp3) is 0. The van der Waals surface area contributed by atoms with E-state index in [1.54, 1.807) is 0 Å². The number of fused-ring (bicyclic) bond motifs is 3. The van der Waals surface area contributed by atoms with Gasteiger partial charge >= 0.3 is 0 Å². The standard InChI is InChI=1S/C48H32/c1-3-14-33(15-4-1)36-18-13-19-37(30-36)38-28-26-34-27-29-39(32-40(34)31-38)47-43-22-9-11-24-45(43)48(46-25-12-10-23-44(46)47)42-21-8-7-20-41(42)35-16-5-2-6-17-35/h1-32H. The van der Waals surface area contributed by atoms with Crippen molar-refractivity contribution >= 4 is 32.3 Å². The van der Waals surface area contributed by atoms with Gasteiger partial charge in [0.15, 0.2) is 0 Å². The van der Waals surface area contributed by atoms with Gasteiger partial charge in [-0.2, -0.15) is 0 Å². The maximum atomic E-state index is 2.38. The number of rotatable bonds is 5. The summed E-state index contributed by atoms with van der Waals surface area (Å²) < 4.78 is 0. The molecule has 0 atom stereocenters. The third-order valence-electron chi connectivity index (χ3n) is 9.64. The summed E-state index contributed by atoms with van der Waals surface area (Å²) in [5, 5.41) is 7.54. The van der Waals surface area contributed by atoms with E-state index >= 15 is 0 Å². The number of hydrogen-bond acceptors (Lipinski definition) is 0. The van der Waals surface area contributed by atoms with Crippen molar-refractivity contribution in [2.24, 2.45) is 0 Å². The topological polar surface area (TPSA) is 0 Å². The molecule has 0 N–H and O–H groups in total. The minimum atomic E-state index is 1.22. The molecular weight excluding hydrogens is 577 g/mol. The lowest BCUT2D eigenvalue weighted by Gasteiger charge is -2.20. The molecule has 9 rings (SSSR count). The Morgan fingerprint density at radius 3 is 1.29 bits per heavy atom. The van der Waals surface area contributed by atoms with Crippen molar-refractivity contribution in [3.63, 3.8) is 0 Å². The highest BCUT2D eigenvalue weighted by Gasteiger charge is 2.19. The van der Waals surface area contributed by atoms with E-state index in [-0.39, 0.29) is 0 Å². The summed E-state index contributed by atoms with van der Waals surface area (Å²) in [6.45, 7) is 0. The van der Waals surface area contributed by atoms with Crippen molar-refractivity contribution in [1.82, 2.24) is 0 Å². The van der Waals surface area contributed by atoms with E-state index in [1.165, 1.54) is 88.0 Å². The van der Waals surface area contributed by atoms with Crippen molar-refractivity contribution < 1.29 is 0 Å². The van der Waals surface area contributed by atoms with Crippen LogP contribution >= 0.6 is 0 Å². The molecule has 0 fully saturated rings. The summed E-state index contributed by atoms with van der Waals surface area (Å²) in [5.41, 5.74) is 12.4. The van der Waals surface area contributed by atoms with Gasteiger partial charge in [-0.25, -0.2) is 0 Å². The van der Waals surface area contributed by atoms with Crippen LogP contribution in [0.1, 0.15) is 0 Å². The highest BCUT2D eigenvalue weighted by molar-refractivity contribution is 6.22. The zero-order chi connectivity index (χ0) is 31.9.